The lowest BCUT2D eigenvalue weighted by molar-refractivity contribution is -0.177. The lowest BCUT2D eigenvalue weighted by Gasteiger charge is -2.24. The van der Waals surface area contributed by atoms with E-state index in [1.807, 2.05) is 30.3 Å². The summed E-state index contributed by atoms with van der Waals surface area (Å²) in [5.41, 5.74) is 1.63. The third-order valence-corrected chi connectivity index (χ3v) is 4.12. The maximum Gasteiger partial charge on any atom is 0.384 e. The zero-order valence-corrected chi connectivity index (χ0v) is 15.5. The SMILES string of the molecule is COC(=O)C(F)(Cc1ccc(OCc2ccccc2)cc1)Oc1ccccc1. The van der Waals surface area contributed by atoms with E-state index in [9.17, 15) is 4.79 Å². The molecule has 3 aromatic rings. The molecule has 0 aliphatic heterocycles. The maximum absolute atomic E-state index is 15.3. The molecule has 0 saturated carbocycles. The molecule has 0 aliphatic carbocycles. The van der Waals surface area contributed by atoms with Gasteiger partial charge in [-0.05, 0) is 35.4 Å². The molecule has 0 N–H and O–H groups in total. The van der Waals surface area contributed by atoms with Gasteiger partial charge in [0, 0.05) is 0 Å². The van der Waals surface area contributed by atoms with Gasteiger partial charge in [0.25, 0.3) is 0 Å². The van der Waals surface area contributed by atoms with Crippen LogP contribution in [-0.4, -0.2) is 18.9 Å². The lowest BCUT2D eigenvalue weighted by atomic mass is 10.1. The number of benzene rings is 3. The summed E-state index contributed by atoms with van der Waals surface area (Å²) in [5.74, 6) is -2.80. The quantitative estimate of drug-likeness (QED) is 0.530. The largest absolute Gasteiger partial charge is 0.489 e. The van der Waals surface area contributed by atoms with Gasteiger partial charge in [-0.2, -0.15) is 4.39 Å². The Morgan fingerprint density at radius 1 is 0.821 bits per heavy atom. The van der Waals surface area contributed by atoms with Crippen LogP contribution < -0.4 is 9.47 Å². The predicted octanol–water partition coefficient (Wildman–Crippen LogP) is 4.73. The molecule has 0 spiro atoms. The Kier molecular flexibility index (Phi) is 6.27. The van der Waals surface area contributed by atoms with E-state index < -0.39 is 11.8 Å². The van der Waals surface area contributed by atoms with Gasteiger partial charge < -0.3 is 14.2 Å². The number of hydrogen-bond donors (Lipinski definition) is 0. The molecule has 1 atom stereocenters. The second-order valence-corrected chi connectivity index (χ2v) is 6.23. The summed E-state index contributed by atoms with van der Waals surface area (Å²) in [7, 11) is 1.13. The van der Waals surface area contributed by atoms with E-state index in [1.54, 1.807) is 54.6 Å². The first-order valence-corrected chi connectivity index (χ1v) is 8.86. The van der Waals surface area contributed by atoms with Crippen LogP contribution in [-0.2, 0) is 22.6 Å². The Morgan fingerprint density at radius 3 is 2.04 bits per heavy atom. The second kappa shape index (κ2) is 9.04. The summed E-state index contributed by atoms with van der Waals surface area (Å²) >= 11 is 0. The average molecular weight is 380 g/mol. The first kappa shape index (κ1) is 19.4. The zero-order chi connectivity index (χ0) is 19.8. The summed E-state index contributed by atoms with van der Waals surface area (Å²) in [6, 6.07) is 25.0. The van der Waals surface area contributed by atoms with Gasteiger partial charge in [-0.15, -0.1) is 0 Å². The van der Waals surface area contributed by atoms with E-state index >= 15 is 4.39 Å². The van der Waals surface area contributed by atoms with Crippen molar-refractivity contribution < 1.29 is 23.4 Å². The van der Waals surface area contributed by atoms with Crippen LogP contribution >= 0.6 is 0 Å². The highest BCUT2D eigenvalue weighted by Crippen LogP contribution is 2.26. The van der Waals surface area contributed by atoms with Gasteiger partial charge >= 0.3 is 11.8 Å². The van der Waals surface area contributed by atoms with Crippen molar-refractivity contribution in [3.05, 3.63) is 96.1 Å². The van der Waals surface area contributed by atoms with Gasteiger partial charge in [0.1, 0.15) is 18.1 Å². The molecule has 0 saturated heterocycles. The number of hydrogen-bond acceptors (Lipinski definition) is 4. The first-order valence-electron chi connectivity index (χ1n) is 8.86. The van der Waals surface area contributed by atoms with Crippen molar-refractivity contribution in [1.29, 1.82) is 0 Å². The highest BCUT2D eigenvalue weighted by Gasteiger charge is 2.43. The van der Waals surface area contributed by atoms with E-state index in [0.717, 1.165) is 12.7 Å². The monoisotopic (exact) mass is 380 g/mol. The number of para-hydroxylation sites is 1. The van der Waals surface area contributed by atoms with Crippen molar-refractivity contribution in [2.45, 2.75) is 18.9 Å². The third-order valence-electron chi connectivity index (χ3n) is 4.12. The van der Waals surface area contributed by atoms with Crippen LogP contribution in [0.15, 0.2) is 84.9 Å². The molecule has 28 heavy (non-hydrogen) atoms. The van der Waals surface area contributed by atoms with Gasteiger partial charge in [0.15, 0.2) is 0 Å². The Bertz CT molecular complexity index is 881. The average Bonchev–Trinajstić information content (AvgIpc) is 2.74. The van der Waals surface area contributed by atoms with Crippen molar-refractivity contribution in [2.24, 2.45) is 0 Å². The lowest BCUT2D eigenvalue weighted by Crippen LogP contribution is -2.43. The van der Waals surface area contributed by atoms with E-state index in [4.69, 9.17) is 9.47 Å². The number of ether oxygens (including phenoxy) is 3. The predicted molar refractivity (Wildman–Crippen MR) is 104 cm³/mol. The van der Waals surface area contributed by atoms with Crippen molar-refractivity contribution in [3.8, 4) is 11.5 Å². The highest BCUT2D eigenvalue weighted by molar-refractivity contribution is 5.78. The molecule has 0 radical (unpaired) electrons. The molecule has 3 aromatic carbocycles. The zero-order valence-electron chi connectivity index (χ0n) is 15.5. The van der Waals surface area contributed by atoms with E-state index in [2.05, 4.69) is 4.74 Å². The molecule has 0 aromatic heterocycles. The molecule has 0 amide bonds. The summed E-state index contributed by atoms with van der Waals surface area (Å²) in [5, 5.41) is 0. The molecule has 0 heterocycles. The molecule has 0 fully saturated rings. The number of rotatable bonds is 8. The number of esters is 1. The van der Waals surface area contributed by atoms with Gasteiger partial charge in [-0.3, -0.25) is 0 Å². The minimum atomic E-state index is -2.62. The molecule has 144 valence electrons. The minimum Gasteiger partial charge on any atom is -0.489 e. The van der Waals surface area contributed by atoms with Crippen LogP contribution in [0.3, 0.4) is 0 Å². The second-order valence-electron chi connectivity index (χ2n) is 6.23. The highest BCUT2D eigenvalue weighted by atomic mass is 19.2. The van der Waals surface area contributed by atoms with Crippen molar-refractivity contribution in [3.63, 3.8) is 0 Å². The summed E-state index contributed by atoms with van der Waals surface area (Å²) < 4.78 is 31.0. The fourth-order valence-corrected chi connectivity index (χ4v) is 2.68. The van der Waals surface area contributed by atoms with Gasteiger partial charge in [-0.1, -0.05) is 60.7 Å². The van der Waals surface area contributed by atoms with Gasteiger partial charge in [0.2, 0.25) is 0 Å². The number of alkyl halides is 1. The number of methoxy groups -OCH3 is 1. The van der Waals surface area contributed by atoms with Crippen LogP contribution in [0.2, 0.25) is 0 Å². The molecule has 5 heteroatoms. The Labute approximate surface area is 163 Å². The van der Waals surface area contributed by atoms with Crippen molar-refractivity contribution in [2.75, 3.05) is 7.11 Å². The fourth-order valence-electron chi connectivity index (χ4n) is 2.68. The molecule has 4 nitrogen and oxygen atoms in total. The molecule has 1 unspecified atom stereocenters. The summed E-state index contributed by atoms with van der Waals surface area (Å²) in [6.45, 7) is 0.437. The van der Waals surface area contributed by atoms with E-state index in [0.29, 0.717) is 17.9 Å². The van der Waals surface area contributed by atoms with Crippen molar-refractivity contribution in [1.82, 2.24) is 0 Å². The van der Waals surface area contributed by atoms with Gasteiger partial charge in [0.05, 0.1) is 13.5 Å². The molecule has 0 aliphatic rings. The Morgan fingerprint density at radius 2 is 1.43 bits per heavy atom. The summed E-state index contributed by atoms with van der Waals surface area (Å²) in [4.78, 5) is 12.0. The molecule has 0 bridgehead atoms. The van der Waals surface area contributed by atoms with Gasteiger partial charge in [-0.25, -0.2) is 4.79 Å². The van der Waals surface area contributed by atoms with Crippen LogP contribution in [0.4, 0.5) is 4.39 Å². The van der Waals surface area contributed by atoms with Crippen LogP contribution in [0, 0.1) is 0 Å². The first-order chi connectivity index (χ1) is 13.6. The molecule has 3 rings (SSSR count). The van der Waals surface area contributed by atoms with Crippen molar-refractivity contribution >= 4 is 5.97 Å². The Balaban J connectivity index is 1.68. The number of halogens is 1. The van der Waals surface area contributed by atoms with E-state index in [1.165, 1.54) is 0 Å². The van der Waals surface area contributed by atoms with E-state index in [-0.39, 0.29) is 12.2 Å². The number of carbonyl (C=O) groups is 1. The summed E-state index contributed by atoms with van der Waals surface area (Å²) in [6.07, 6.45) is -0.284. The van der Waals surface area contributed by atoms with Crippen LogP contribution in [0.1, 0.15) is 11.1 Å². The minimum absolute atomic E-state index is 0.248. The normalized spacial score (nSPS) is 12.6. The van der Waals surface area contributed by atoms with Crippen LogP contribution in [0.25, 0.3) is 0 Å². The third kappa shape index (κ3) is 5.10. The molecular formula is C23H21FO4. The molecular weight excluding hydrogens is 359 g/mol. The standard InChI is InChI=1S/C23H21FO4/c1-26-22(25)23(24,28-21-10-6-3-7-11-21)16-18-12-14-20(15-13-18)27-17-19-8-4-2-5-9-19/h2-15H,16-17H2,1H3. The topological polar surface area (TPSA) is 44.8 Å². The maximum atomic E-state index is 15.3. The smallest absolute Gasteiger partial charge is 0.384 e. The fraction of sp³-hybridized carbons (Fsp3) is 0.174. The van der Waals surface area contributed by atoms with Crippen LogP contribution in [0.5, 0.6) is 11.5 Å². The Hall–Kier alpha value is -3.34. The number of carbonyl (C=O) groups excluding carboxylic acids is 1.